The van der Waals surface area contributed by atoms with E-state index in [0.717, 1.165) is 17.1 Å². The molecule has 0 saturated carbocycles. The van der Waals surface area contributed by atoms with E-state index in [2.05, 4.69) is 59.2 Å². The average molecular weight is 318 g/mol. The van der Waals surface area contributed by atoms with E-state index in [1.54, 1.807) is 12.4 Å². The fourth-order valence-electron chi connectivity index (χ4n) is 2.81. The van der Waals surface area contributed by atoms with Crippen LogP contribution in [0.5, 0.6) is 0 Å². The fraction of sp³-hybridized carbons (Fsp3) is 0.250. The van der Waals surface area contributed by atoms with Crippen LogP contribution in [0, 0.1) is 20.8 Å². The van der Waals surface area contributed by atoms with Crippen molar-refractivity contribution >= 4 is 5.82 Å². The third-order valence-corrected chi connectivity index (χ3v) is 4.25. The predicted molar refractivity (Wildman–Crippen MR) is 98.0 cm³/mol. The molecule has 1 atom stereocenters. The summed E-state index contributed by atoms with van der Waals surface area (Å²) in [4.78, 5) is 13.3. The van der Waals surface area contributed by atoms with Crippen LogP contribution in [0.15, 0.2) is 48.8 Å². The van der Waals surface area contributed by atoms with Crippen LogP contribution in [0.25, 0.3) is 11.4 Å². The van der Waals surface area contributed by atoms with E-state index < -0.39 is 0 Å². The highest BCUT2D eigenvalue weighted by atomic mass is 15.0. The van der Waals surface area contributed by atoms with E-state index in [1.165, 1.54) is 16.7 Å². The lowest BCUT2D eigenvalue weighted by molar-refractivity contribution is 0.859. The maximum atomic E-state index is 4.66. The summed E-state index contributed by atoms with van der Waals surface area (Å²) in [5.41, 5.74) is 5.75. The first-order valence-corrected chi connectivity index (χ1v) is 8.13. The molecule has 2 aromatic heterocycles. The first-order chi connectivity index (χ1) is 11.5. The molecule has 4 heteroatoms. The smallest absolute Gasteiger partial charge is 0.163 e. The molecule has 0 aliphatic rings. The summed E-state index contributed by atoms with van der Waals surface area (Å²) < 4.78 is 0. The largest absolute Gasteiger partial charge is 0.363 e. The number of nitrogens with zero attached hydrogens (tertiary/aromatic N) is 3. The van der Waals surface area contributed by atoms with Crippen molar-refractivity contribution in [3.8, 4) is 11.4 Å². The lowest BCUT2D eigenvalue weighted by Gasteiger charge is -2.19. The number of aromatic nitrogens is 3. The van der Waals surface area contributed by atoms with Crippen molar-refractivity contribution in [2.75, 3.05) is 5.32 Å². The first-order valence-electron chi connectivity index (χ1n) is 8.13. The minimum atomic E-state index is 0.168. The van der Waals surface area contributed by atoms with Gasteiger partial charge in [0, 0.05) is 29.7 Å². The second kappa shape index (κ2) is 6.79. The number of hydrogen-bond acceptors (Lipinski definition) is 4. The van der Waals surface area contributed by atoms with Gasteiger partial charge >= 0.3 is 0 Å². The monoisotopic (exact) mass is 318 g/mol. The zero-order valence-electron chi connectivity index (χ0n) is 14.5. The van der Waals surface area contributed by atoms with Crippen LogP contribution in [0.2, 0.25) is 0 Å². The van der Waals surface area contributed by atoms with E-state index >= 15 is 0 Å². The van der Waals surface area contributed by atoms with Crippen molar-refractivity contribution in [2.45, 2.75) is 33.7 Å². The molecule has 122 valence electrons. The van der Waals surface area contributed by atoms with E-state index in [4.69, 9.17) is 0 Å². The number of anilines is 1. The van der Waals surface area contributed by atoms with Crippen LogP contribution in [0.3, 0.4) is 0 Å². The third-order valence-electron chi connectivity index (χ3n) is 4.25. The molecule has 4 nitrogen and oxygen atoms in total. The Morgan fingerprint density at radius 2 is 1.83 bits per heavy atom. The number of benzene rings is 1. The van der Waals surface area contributed by atoms with Crippen LogP contribution >= 0.6 is 0 Å². The Bertz CT molecular complexity index is 844. The number of hydrogen-bond donors (Lipinski definition) is 1. The molecule has 0 aliphatic heterocycles. The van der Waals surface area contributed by atoms with Gasteiger partial charge in [0.15, 0.2) is 5.82 Å². The molecular formula is C20H22N4. The molecule has 0 saturated heterocycles. The highest BCUT2D eigenvalue weighted by Gasteiger charge is 2.12. The summed E-state index contributed by atoms with van der Waals surface area (Å²) in [6.45, 7) is 8.44. The molecule has 2 heterocycles. The summed E-state index contributed by atoms with van der Waals surface area (Å²) in [5.74, 6) is 1.52. The summed E-state index contributed by atoms with van der Waals surface area (Å²) >= 11 is 0. The Morgan fingerprint density at radius 1 is 1.00 bits per heavy atom. The molecule has 0 fully saturated rings. The Balaban J connectivity index is 1.90. The fourth-order valence-corrected chi connectivity index (χ4v) is 2.81. The van der Waals surface area contributed by atoms with Gasteiger partial charge in [-0.3, -0.25) is 4.98 Å². The lowest BCUT2D eigenvalue weighted by Crippen LogP contribution is -2.11. The van der Waals surface area contributed by atoms with Gasteiger partial charge in [-0.25, -0.2) is 9.97 Å². The summed E-state index contributed by atoms with van der Waals surface area (Å²) in [6, 6.07) is 12.4. The quantitative estimate of drug-likeness (QED) is 0.761. The van der Waals surface area contributed by atoms with Gasteiger partial charge in [0.25, 0.3) is 0 Å². The standard InChI is InChI=1S/C20H22N4/c1-13-7-5-9-18(15(13)3)16(4)23-19-11-14(2)22-20(24-19)17-8-6-10-21-12-17/h5-12,16H,1-4H3,(H,22,23,24). The van der Waals surface area contributed by atoms with Gasteiger partial charge in [0.2, 0.25) is 0 Å². The first kappa shape index (κ1) is 16.1. The summed E-state index contributed by atoms with van der Waals surface area (Å²) in [6.07, 6.45) is 3.54. The van der Waals surface area contributed by atoms with Gasteiger partial charge in [-0.05, 0) is 56.5 Å². The van der Waals surface area contributed by atoms with Crippen molar-refractivity contribution < 1.29 is 0 Å². The van der Waals surface area contributed by atoms with Gasteiger partial charge in [-0.1, -0.05) is 18.2 Å². The molecule has 0 spiro atoms. The molecule has 3 aromatic rings. The highest BCUT2D eigenvalue weighted by Crippen LogP contribution is 2.24. The van der Waals surface area contributed by atoms with E-state index in [1.807, 2.05) is 25.1 Å². The second-order valence-electron chi connectivity index (χ2n) is 6.12. The van der Waals surface area contributed by atoms with E-state index in [9.17, 15) is 0 Å². The molecule has 0 amide bonds. The second-order valence-corrected chi connectivity index (χ2v) is 6.12. The zero-order chi connectivity index (χ0) is 17.1. The number of aryl methyl sites for hydroxylation is 2. The number of nitrogens with one attached hydrogen (secondary N) is 1. The molecule has 3 rings (SSSR count). The maximum Gasteiger partial charge on any atom is 0.163 e. The third kappa shape index (κ3) is 3.43. The van der Waals surface area contributed by atoms with Gasteiger partial charge in [0.1, 0.15) is 5.82 Å². The zero-order valence-corrected chi connectivity index (χ0v) is 14.5. The Hall–Kier alpha value is -2.75. The molecule has 0 bridgehead atoms. The molecule has 0 aliphatic carbocycles. The lowest BCUT2D eigenvalue weighted by atomic mass is 9.98. The summed E-state index contributed by atoms with van der Waals surface area (Å²) in [7, 11) is 0. The topological polar surface area (TPSA) is 50.7 Å². The van der Waals surface area contributed by atoms with Crippen molar-refractivity contribution in [1.29, 1.82) is 0 Å². The maximum absolute atomic E-state index is 4.66. The Kier molecular flexibility index (Phi) is 4.56. The van der Waals surface area contributed by atoms with Crippen molar-refractivity contribution in [1.82, 2.24) is 15.0 Å². The van der Waals surface area contributed by atoms with Crippen LogP contribution in [-0.2, 0) is 0 Å². The number of pyridine rings is 1. The number of rotatable bonds is 4. The van der Waals surface area contributed by atoms with Gasteiger partial charge < -0.3 is 5.32 Å². The molecule has 1 N–H and O–H groups in total. The van der Waals surface area contributed by atoms with E-state index in [-0.39, 0.29) is 6.04 Å². The molecule has 1 aromatic carbocycles. The van der Waals surface area contributed by atoms with Crippen LogP contribution < -0.4 is 5.32 Å². The van der Waals surface area contributed by atoms with Crippen molar-refractivity contribution in [3.05, 3.63) is 71.2 Å². The normalized spacial score (nSPS) is 12.0. The van der Waals surface area contributed by atoms with E-state index in [0.29, 0.717) is 5.82 Å². The molecular weight excluding hydrogens is 296 g/mol. The predicted octanol–water partition coefficient (Wildman–Crippen LogP) is 4.64. The summed E-state index contributed by atoms with van der Waals surface area (Å²) in [5, 5.41) is 3.51. The highest BCUT2D eigenvalue weighted by molar-refractivity contribution is 5.56. The van der Waals surface area contributed by atoms with Crippen LogP contribution in [-0.4, -0.2) is 15.0 Å². The molecule has 24 heavy (non-hydrogen) atoms. The van der Waals surface area contributed by atoms with Crippen molar-refractivity contribution in [2.24, 2.45) is 0 Å². The SMILES string of the molecule is Cc1cc(NC(C)c2cccc(C)c2C)nc(-c2cccnc2)n1. The molecule has 1 unspecified atom stereocenters. The van der Waals surface area contributed by atoms with Gasteiger partial charge in [-0.2, -0.15) is 0 Å². The minimum Gasteiger partial charge on any atom is -0.363 e. The Labute approximate surface area is 143 Å². The minimum absolute atomic E-state index is 0.168. The van der Waals surface area contributed by atoms with Gasteiger partial charge in [-0.15, -0.1) is 0 Å². The van der Waals surface area contributed by atoms with Crippen molar-refractivity contribution in [3.63, 3.8) is 0 Å². The van der Waals surface area contributed by atoms with Crippen LogP contribution in [0.4, 0.5) is 5.82 Å². The van der Waals surface area contributed by atoms with Gasteiger partial charge in [0.05, 0.1) is 6.04 Å². The average Bonchev–Trinajstić information content (AvgIpc) is 2.57. The molecule has 0 radical (unpaired) electrons. The van der Waals surface area contributed by atoms with Crippen LogP contribution in [0.1, 0.15) is 35.3 Å². The Morgan fingerprint density at radius 3 is 2.58 bits per heavy atom.